The number of anilines is 1. The molecule has 0 amide bonds. The van der Waals surface area contributed by atoms with Gasteiger partial charge in [-0.15, -0.1) is 0 Å². The van der Waals surface area contributed by atoms with E-state index in [1.165, 1.54) is 0 Å². The standard InChI is InChI=1S/C14H18N4O2/c15-11-1-2-13-12(9-11)14(19)18(10-16-13)4-3-17-5-7-20-8-6-17/h1-2,9-10H,3-8,15H2. The zero-order chi connectivity index (χ0) is 13.9. The van der Waals surface area contributed by atoms with Crippen molar-refractivity contribution in [2.24, 2.45) is 0 Å². The molecule has 1 aliphatic heterocycles. The molecular formula is C14H18N4O2. The van der Waals surface area contributed by atoms with Crippen molar-refractivity contribution in [3.05, 3.63) is 34.9 Å². The molecule has 0 radical (unpaired) electrons. The number of morpholine rings is 1. The summed E-state index contributed by atoms with van der Waals surface area (Å²) in [6.07, 6.45) is 1.61. The third-order valence-electron chi connectivity index (χ3n) is 3.61. The number of nitrogens with zero attached hydrogens (tertiary/aromatic N) is 3. The Labute approximate surface area is 116 Å². The minimum Gasteiger partial charge on any atom is -0.399 e. The van der Waals surface area contributed by atoms with Crippen LogP contribution < -0.4 is 11.3 Å². The van der Waals surface area contributed by atoms with Gasteiger partial charge in [0.05, 0.1) is 30.4 Å². The average Bonchev–Trinajstić information content (AvgIpc) is 2.48. The highest BCUT2D eigenvalue weighted by molar-refractivity contribution is 5.80. The van der Waals surface area contributed by atoms with E-state index in [0.717, 1.165) is 32.8 Å². The number of nitrogen functional groups attached to an aromatic ring is 1. The summed E-state index contributed by atoms with van der Waals surface area (Å²) < 4.78 is 6.96. The molecule has 0 bridgehead atoms. The molecule has 6 nitrogen and oxygen atoms in total. The second-order valence-corrected chi connectivity index (χ2v) is 4.97. The first kappa shape index (κ1) is 13.1. The van der Waals surface area contributed by atoms with Crippen LogP contribution in [0.1, 0.15) is 0 Å². The van der Waals surface area contributed by atoms with Crippen LogP contribution in [0.4, 0.5) is 5.69 Å². The molecule has 1 aromatic heterocycles. The summed E-state index contributed by atoms with van der Waals surface area (Å²) >= 11 is 0. The highest BCUT2D eigenvalue weighted by Gasteiger charge is 2.11. The normalized spacial score (nSPS) is 16.6. The number of hydrogen-bond donors (Lipinski definition) is 1. The molecular weight excluding hydrogens is 256 g/mol. The average molecular weight is 274 g/mol. The molecule has 3 rings (SSSR count). The molecule has 1 aromatic carbocycles. The number of nitrogens with two attached hydrogens (primary N) is 1. The van der Waals surface area contributed by atoms with Gasteiger partial charge in [0.25, 0.3) is 5.56 Å². The van der Waals surface area contributed by atoms with E-state index in [-0.39, 0.29) is 5.56 Å². The lowest BCUT2D eigenvalue weighted by Gasteiger charge is -2.26. The SMILES string of the molecule is Nc1ccc2ncn(CCN3CCOCC3)c(=O)c2c1. The van der Waals surface area contributed by atoms with E-state index in [9.17, 15) is 4.79 Å². The Morgan fingerprint density at radius 2 is 2.05 bits per heavy atom. The molecule has 0 atom stereocenters. The van der Waals surface area contributed by atoms with Crippen LogP contribution in [0.25, 0.3) is 10.9 Å². The Bertz CT molecular complexity index is 662. The van der Waals surface area contributed by atoms with Crippen LogP contribution in [0, 0.1) is 0 Å². The summed E-state index contributed by atoms with van der Waals surface area (Å²) in [6.45, 7) is 4.84. The van der Waals surface area contributed by atoms with E-state index in [4.69, 9.17) is 10.5 Å². The van der Waals surface area contributed by atoms with Crippen molar-refractivity contribution in [1.29, 1.82) is 0 Å². The number of fused-ring (bicyclic) bond motifs is 1. The highest BCUT2D eigenvalue weighted by atomic mass is 16.5. The van der Waals surface area contributed by atoms with Crippen molar-refractivity contribution >= 4 is 16.6 Å². The molecule has 20 heavy (non-hydrogen) atoms. The lowest BCUT2D eigenvalue weighted by Crippen LogP contribution is -2.39. The van der Waals surface area contributed by atoms with Gasteiger partial charge in [-0.2, -0.15) is 0 Å². The minimum atomic E-state index is -0.0319. The molecule has 6 heteroatoms. The summed E-state index contributed by atoms with van der Waals surface area (Å²) in [6, 6.07) is 5.22. The van der Waals surface area contributed by atoms with E-state index in [2.05, 4.69) is 9.88 Å². The predicted molar refractivity (Wildman–Crippen MR) is 77.7 cm³/mol. The third kappa shape index (κ3) is 2.66. The fourth-order valence-electron chi connectivity index (χ4n) is 2.41. The van der Waals surface area contributed by atoms with E-state index in [0.29, 0.717) is 23.1 Å². The summed E-state index contributed by atoms with van der Waals surface area (Å²) in [7, 11) is 0. The number of benzene rings is 1. The summed E-state index contributed by atoms with van der Waals surface area (Å²) in [5.41, 5.74) is 6.98. The summed E-state index contributed by atoms with van der Waals surface area (Å²) in [5.74, 6) is 0. The topological polar surface area (TPSA) is 73.4 Å². The van der Waals surface area contributed by atoms with Crippen molar-refractivity contribution in [3.63, 3.8) is 0 Å². The molecule has 1 saturated heterocycles. The molecule has 106 valence electrons. The Morgan fingerprint density at radius 1 is 1.25 bits per heavy atom. The zero-order valence-electron chi connectivity index (χ0n) is 11.3. The van der Waals surface area contributed by atoms with Crippen molar-refractivity contribution in [2.75, 3.05) is 38.6 Å². The van der Waals surface area contributed by atoms with E-state index < -0.39 is 0 Å². The van der Waals surface area contributed by atoms with Crippen LogP contribution >= 0.6 is 0 Å². The van der Waals surface area contributed by atoms with E-state index in [1.54, 1.807) is 29.1 Å². The second kappa shape index (κ2) is 5.60. The fraction of sp³-hybridized carbons (Fsp3) is 0.429. The van der Waals surface area contributed by atoms with Crippen LogP contribution in [0.2, 0.25) is 0 Å². The van der Waals surface area contributed by atoms with Gasteiger partial charge < -0.3 is 10.5 Å². The largest absolute Gasteiger partial charge is 0.399 e. The lowest BCUT2D eigenvalue weighted by atomic mass is 10.2. The van der Waals surface area contributed by atoms with Crippen molar-refractivity contribution in [1.82, 2.24) is 14.5 Å². The van der Waals surface area contributed by atoms with Crippen LogP contribution in [0.15, 0.2) is 29.3 Å². The Kier molecular flexibility index (Phi) is 3.66. The molecule has 2 heterocycles. The number of rotatable bonds is 3. The minimum absolute atomic E-state index is 0.0319. The first-order valence-corrected chi connectivity index (χ1v) is 6.79. The van der Waals surface area contributed by atoms with Gasteiger partial charge in [-0.3, -0.25) is 14.3 Å². The quantitative estimate of drug-likeness (QED) is 0.816. The molecule has 1 aliphatic rings. The monoisotopic (exact) mass is 274 g/mol. The van der Waals surface area contributed by atoms with Gasteiger partial charge >= 0.3 is 0 Å². The van der Waals surface area contributed by atoms with Gasteiger partial charge in [-0.25, -0.2) is 4.98 Å². The van der Waals surface area contributed by atoms with Crippen molar-refractivity contribution < 1.29 is 4.74 Å². The summed E-state index contributed by atoms with van der Waals surface area (Å²) in [5, 5.41) is 0.578. The van der Waals surface area contributed by atoms with Crippen LogP contribution in [0.5, 0.6) is 0 Å². The van der Waals surface area contributed by atoms with Crippen molar-refractivity contribution in [3.8, 4) is 0 Å². The lowest BCUT2D eigenvalue weighted by molar-refractivity contribution is 0.0362. The fourth-order valence-corrected chi connectivity index (χ4v) is 2.41. The first-order valence-electron chi connectivity index (χ1n) is 6.79. The molecule has 1 fully saturated rings. The van der Waals surface area contributed by atoms with E-state index in [1.807, 2.05) is 0 Å². The maximum Gasteiger partial charge on any atom is 0.261 e. The van der Waals surface area contributed by atoms with Crippen LogP contribution in [-0.4, -0.2) is 47.3 Å². The molecule has 0 aliphatic carbocycles. The maximum absolute atomic E-state index is 12.4. The highest BCUT2D eigenvalue weighted by Crippen LogP contribution is 2.10. The summed E-state index contributed by atoms with van der Waals surface area (Å²) in [4.78, 5) is 19.0. The van der Waals surface area contributed by atoms with Gasteiger partial charge in [0, 0.05) is 31.9 Å². The second-order valence-electron chi connectivity index (χ2n) is 4.97. The van der Waals surface area contributed by atoms with Gasteiger partial charge in [0.2, 0.25) is 0 Å². The molecule has 0 saturated carbocycles. The smallest absolute Gasteiger partial charge is 0.261 e. The Hall–Kier alpha value is -1.92. The molecule has 2 aromatic rings. The number of ether oxygens (including phenoxy) is 1. The van der Waals surface area contributed by atoms with Gasteiger partial charge in [0.1, 0.15) is 0 Å². The predicted octanol–water partition coefficient (Wildman–Crippen LogP) is 0.311. The van der Waals surface area contributed by atoms with Crippen LogP contribution in [0.3, 0.4) is 0 Å². The maximum atomic E-state index is 12.4. The number of hydrogen-bond acceptors (Lipinski definition) is 5. The first-order chi connectivity index (χ1) is 9.74. The van der Waals surface area contributed by atoms with E-state index >= 15 is 0 Å². The van der Waals surface area contributed by atoms with Gasteiger partial charge in [-0.05, 0) is 18.2 Å². The molecule has 0 unspecified atom stereocenters. The Morgan fingerprint density at radius 3 is 2.85 bits per heavy atom. The van der Waals surface area contributed by atoms with Crippen LogP contribution in [-0.2, 0) is 11.3 Å². The van der Waals surface area contributed by atoms with Gasteiger partial charge in [-0.1, -0.05) is 0 Å². The van der Waals surface area contributed by atoms with Gasteiger partial charge in [0.15, 0.2) is 0 Å². The molecule has 0 spiro atoms. The number of aromatic nitrogens is 2. The third-order valence-corrected chi connectivity index (χ3v) is 3.61. The van der Waals surface area contributed by atoms with Crippen molar-refractivity contribution in [2.45, 2.75) is 6.54 Å². The Balaban J connectivity index is 1.81. The zero-order valence-corrected chi connectivity index (χ0v) is 11.3. The molecule has 2 N–H and O–H groups in total.